The van der Waals surface area contributed by atoms with E-state index >= 15 is 0 Å². The van der Waals surface area contributed by atoms with Crippen molar-refractivity contribution in [2.24, 2.45) is 5.92 Å². The fourth-order valence-corrected chi connectivity index (χ4v) is 2.02. The highest BCUT2D eigenvalue weighted by molar-refractivity contribution is 9.10. The third-order valence-corrected chi connectivity index (χ3v) is 2.99. The lowest BCUT2D eigenvalue weighted by molar-refractivity contribution is 0.0956. The van der Waals surface area contributed by atoms with E-state index < -0.39 is 0 Å². The van der Waals surface area contributed by atoms with Gasteiger partial charge in [0.05, 0.1) is 10.7 Å². The largest absolute Gasteiger partial charge is 0.292 e. The Balaban J connectivity index is 2.28. The van der Waals surface area contributed by atoms with Crippen LogP contribution in [0, 0.1) is 5.92 Å². The van der Waals surface area contributed by atoms with Crippen LogP contribution in [0.3, 0.4) is 0 Å². The van der Waals surface area contributed by atoms with E-state index in [9.17, 15) is 4.79 Å². The predicted octanol–water partition coefficient (Wildman–Crippen LogP) is 2.65. The second-order valence-corrected chi connectivity index (χ2v) is 4.56. The van der Waals surface area contributed by atoms with Crippen molar-refractivity contribution >= 4 is 21.7 Å². The van der Waals surface area contributed by atoms with Crippen LogP contribution in [0.5, 0.6) is 0 Å². The van der Waals surface area contributed by atoms with Gasteiger partial charge < -0.3 is 0 Å². The molecule has 0 aromatic carbocycles. The molecule has 76 valence electrons. The number of hydrogen-bond donors (Lipinski definition) is 0. The number of carbonyl (C=O) groups excluding carboxylic acids is 1. The van der Waals surface area contributed by atoms with Crippen molar-refractivity contribution in [1.29, 1.82) is 0 Å². The molecule has 0 bridgehead atoms. The van der Waals surface area contributed by atoms with Crippen molar-refractivity contribution in [2.75, 3.05) is 0 Å². The van der Waals surface area contributed by atoms with Gasteiger partial charge in [-0.15, -0.1) is 0 Å². The summed E-state index contributed by atoms with van der Waals surface area (Å²) >= 11 is 3.38. The van der Waals surface area contributed by atoms with Crippen LogP contribution < -0.4 is 0 Å². The van der Waals surface area contributed by atoms with Crippen LogP contribution in [0.15, 0.2) is 10.7 Å². The van der Waals surface area contributed by atoms with Crippen molar-refractivity contribution in [3.8, 4) is 0 Å². The summed E-state index contributed by atoms with van der Waals surface area (Å²) in [5.74, 6) is 0.515. The highest BCUT2D eigenvalue weighted by Gasteiger charge is 2.33. The zero-order chi connectivity index (χ0) is 10.1. The van der Waals surface area contributed by atoms with E-state index in [2.05, 4.69) is 28.0 Å². The minimum atomic E-state index is 0.253. The number of hydrogen-bond acceptors (Lipinski definition) is 2. The first kappa shape index (κ1) is 9.90. The van der Waals surface area contributed by atoms with Crippen LogP contribution in [0.25, 0.3) is 0 Å². The van der Waals surface area contributed by atoms with Crippen LogP contribution in [0.1, 0.15) is 36.7 Å². The number of halogens is 1. The van der Waals surface area contributed by atoms with E-state index in [4.69, 9.17) is 0 Å². The number of aromatic nitrogens is 2. The van der Waals surface area contributed by atoms with Gasteiger partial charge in [0.1, 0.15) is 5.69 Å². The Labute approximate surface area is 91.6 Å². The maximum atomic E-state index is 11.9. The van der Waals surface area contributed by atoms with Gasteiger partial charge in [0.25, 0.3) is 0 Å². The van der Waals surface area contributed by atoms with E-state index in [-0.39, 0.29) is 11.7 Å². The number of rotatable bonds is 4. The molecule has 0 unspecified atom stereocenters. The second-order valence-electron chi connectivity index (χ2n) is 3.70. The first-order chi connectivity index (χ1) is 6.74. The number of nitrogens with zero attached hydrogens (tertiary/aromatic N) is 2. The summed E-state index contributed by atoms with van der Waals surface area (Å²) < 4.78 is 2.65. The van der Waals surface area contributed by atoms with Gasteiger partial charge in [-0.1, -0.05) is 6.92 Å². The first-order valence-electron chi connectivity index (χ1n) is 4.99. The van der Waals surface area contributed by atoms with Crippen LogP contribution in [-0.2, 0) is 6.54 Å². The third kappa shape index (κ3) is 1.75. The Hall–Kier alpha value is -0.640. The van der Waals surface area contributed by atoms with E-state index in [1.54, 1.807) is 6.20 Å². The lowest BCUT2D eigenvalue weighted by Crippen LogP contribution is -2.12. The molecule has 0 saturated heterocycles. The summed E-state index contributed by atoms with van der Waals surface area (Å²) in [4.78, 5) is 11.9. The van der Waals surface area contributed by atoms with Gasteiger partial charge in [-0.3, -0.25) is 9.48 Å². The first-order valence-corrected chi connectivity index (χ1v) is 5.79. The Bertz CT molecular complexity index is 355. The maximum absolute atomic E-state index is 11.9. The van der Waals surface area contributed by atoms with Crippen molar-refractivity contribution in [1.82, 2.24) is 9.78 Å². The molecule has 0 aliphatic heterocycles. The highest BCUT2D eigenvalue weighted by atomic mass is 79.9. The Morgan fingerprint density at radius 2 is 2.43 bits per heavy atom. The topological polar surface area (TPSA) is 34.9 Å². The molecule has 0 spiro atoms. The normalized spacial score (nSPS) is 15.9. The molecule has 1 heterocycles. The number of carbonyl (C=O) groups is 1. The number of Topliss-reactive ketones (excluding diaryl/α,β-unsaturated/α-hetero) is 1. The van der Waals surface area contributed by atoms with Crippen LogP contribution in [0.4, 0.5) is 0 Å². The number of aryl methyl sites for hydroxylation is 1. The molecule has 3 nitrogen and oxygen atoms in total. The third-order valence-electron chi connectivity index (χ3n) is 2.41. The molecule has 1 aliphatic carbocycles. The molecular weight excluding hydrogens is 244 g/mol. The standard InChI is InChI=1S/C10H13BrN2O/c1-2-5-13-9(8(11)6-12-13)10(14)7-3-4-7/h6-7H,2-5H2,1H3. The fraction of sp³-hybridized carbons (Fsp3) is 0.600. The average molecular weight is 257 g/mol. The molecule has 1 fully saturated rings. The molecule has 1 aromatic heterocycles. The van der Waals surface area contributed by atoms with E-state index in [0.29, 0.717) is 0 Å². The van der Waals surface area contributed by atoms with E-state index in [1.807, 2.05) is 4.68 Å². The van der Waals surface area contributed by atoms with E-state index in [1.165, 1.54) is 0 Å². The van der Waals surface area contributed by atoms with Crippen LogP contribution in [0.2, 0.25) is 0 Å². The Kier molecular flexibility index (Phi) is 2.72. The Morgan fingerprint density at radius 3 is 3.00 bits per heavy atom. The smallest absolute Gasteiger partial charge is 0.185 e. The predicted molar refractivity (Wildman–Crippen MR) is 57.3 cm³/mol. The zero-order valence-electron chi connectivity index (χ0n) is 8.16. The van der Waals surface area contributed by atoms with Crippen LogP contribution >= 0.6 is 15.9 Å². The fourth-order valence-electron chi connectivity index (χ4n) is 1.53. The second kappa shape index (κ2) is 3.85. The molecule has 2 rings (SSSR count). The van der Waals surface area contributed by atoms with Crippen molar-refractivity contribution in [3.63, 3.8) is 0 Å². The molecule has 0 N–H and O–H groups in total. The lowest BCUT2D eigenvalue weighted by atomic mass is 10.2. The molecule has 1 saturated carbocycles. The summed E-state index contributed by atoms with van der Waals surface area (Å²) in [6.07, 6.45) is 4.80. The van der Waals surface area contributed by atoms with Gasteiger partial charge in [0.2, 0.25) is 0 Å². The van der Waals surface area contributed by atoms with Gasteiger partial charge in [0, 0.05) is 12.5 Å². The maximum Gasteiger partial charge on any atom is 0.185 e. The van der Waals surface area contributed by atoms with Crippen molar-refractivity contribution < 1.29 is 4.79 Å². The zero-order valence-corrected chi connectivity index (χ0v) is 9.75. The summed E-state index contributed by atoms with van der Waals surface area (Å²) in [7, 11) is 0. The quantitative estimate of drug-likeness (QED) is 0.777. The monoisotopic (exact) mass is 256 g/mol. The van der Waals surface area contributed by atoms with Crippen LogP contribution in [-0.4, -0.2) is 15.6 Å². The van der Waals surface area contributed by atoms with Gasteiger partial charge in [-0.2, -0.15) is 5.10 Å². The lowest BCUT2D eigenvalue weighted by Gasteiger charge is -2.04. The van der Waals surface area contributed by atoms with Gasteiger partial charge in [-0.05, 0) is 35.2 Å². The number of ketones is 1. The average Bonchev–Trinajstić information content (AvgIpc) is 2.93. The van der Waals surface area contributed by atoms with E-state index in [0.717, 1.165) is 36.0 Å². The molecule has 0 atom stereocenters. The summed E-state index contributed by atoms with van der Waals surface area (Å²) in [6, 6.07) is 0. The van der Waals surface area contributed by atoms with Gasteiger partial charge in [0.15, 0.2) is 5.78 Å². The SMILES string of the molecule is CCCn1ncc(Br)c1C(=O)C1CC1. The van der Waals surface area contributed by atoms with Gasteiger partial charge in [-0.25, -0.2) is 0 Å². The molecule has 4 heteroatoms. The minimum absolute atomic E-state index is 0.253. The summed E-state index contributed by atoms with van der Waals surface area (Å²) in [5.41, 5.74) is 0.759. The van der Waals surface area contributed by atoms with Crippen molar-refractivity contribution in [3.05, 3.63) is 16.4 Å². The Morgan fingerprint density at radius 1 is 1.71 bits per heavy atom. The summed E-state index contributed by atoms with van der Waals surface area (Å²) in [5, 5.41) is 4.19. The highest BCUT2D eigenvalue weighted by Crippen LogP contribution is 2.34. The molecule has 0 radical (unpaired) electrons. The molecule has 14 heavy (non-hydrogen) atoms. The molecule has 0 amide bonds. The molecular formula is C10H13BrN2O. The molecule has 1 aromatic rings. The summed E-state index contributed by atoms with van der Waals surface area (Å²) in [6.45, 7) is 2.90. The minimum Gasteiger partial charge on any atom is -0.292 e. The van der Waals surface area contributed by atoms with Crippen molar-refractivity contribution in [2.45, 2.75) is 32.7 Å². The molecule has 1 aliphatic rings. The van der Waals surface area contributed by atoms with Gasteiger partial charge >= 0.3 is 0 Å².